The van der Waals surface area contributed by atoms with E-state index in [9.17, 15) is 22.0 Å². The third-order valence-electron chi connectivity index (χ3n) is 4.37. The fourth-order valence-corrected chi connectivity index (χ4v) is 3.22. The summed E-state index contributed by atoms with van der Waals surface area (Å²) in [4.78, 5) is 0. The van der Waals surface area contributed by atoms with Gasteiger partial charge in [-0.3, -0.25) is 0 Å². The van der Waals surface area contributed by atoms with Crippen LogP contribution in [-0.4, -0.2) is 6.36 Å². The average Bonchev–Trinajstić information content (AvgIpc) is 2.56. The number of hydrogen-bond acceptors (Lipinski definition) is 1. The topological polar surface area (TPSA) is 9.23 Å². The molecule has 3 rings (SSSR count). The van der Waals surface area contributed by atoms with Gasteiger partial charge in [0, 0.05) is 5.56 Å². The molecule has 26 heavy (non-hydrogen) atoms. The molecule has 0 saturated carbocycles. The van der Waals surface area contributed by atoms with Crippen LogP contribution in [0.2, 0.25) is 0 Å². The van der Waals surface area contributed by atoms with Crippen molar-refractivity contribution in [3.8, 4) is 16.9 Å². The van der Waals surface area contributed by atoms with E-state index < -0.39 is 23.7 Å². The molecule has 0 atom stereocenters. The average molecular weight is 368 g/mol. The first-order chi connectivity index (χ1) is 12.3. The maximum atomic E-state index is 14.9. The van der Waals surface area contributed by atoms with Gasteiger partial charge in [-0.25, -0.2) is 8.78 Å². The Labute approximate surface area is 148 Å². The number of ether oxygens (including phenoxy) is 1. The summed E-state index contributed by atoms with van der Waals surface area (Å²) in [5, 5.41) is 0. The Morgan fingerprint density at radius 3 is 2.46 bits per heavy atom. The summed E-state index contributed by atoms with van der Waals surface area (Å²) in [7, 11) is 0. The fourth-order valence-electron chi connectivity index (χ4n) is 3.22. The highest BCUT2D eigenvalue weighted by Gasteiger charge is 2.32. The molecule has 0 radical (unpaired) electrons. The van der Waals surface area contributed by atoms with Gasteiger partial charge in [0.2, 0.25) is 0 Å². The number of fused-ring (bicyclic) bond motifs is 1. The van der Waals surface area contributed by atoms with Gasteiger partial charge in [-0.15, -0.1) is 13.2 Å². The quantitative estimate of drug-likeness (QED) is 0.548. The molecule has 0 N–H and O–H groups in total. The van der Waals surface area contributed by atoms with E-state index in [1.54, 1.807) is 6.07 Å². The van der Waals surface area contributed by atoms with Gasteiger partial charge in [-0.1, -0.05) is 43.2 Å². The number of hydrogen-bond donors (Lipinski definition) is 0. The Balaban J connectivity index is 1.95. The lowest BCUT2D eigenvalue weighted by atomic mass is 9.87. The van der Waals surface area contributed by atoms with Crippen LogP contribution in [0.4, 0.5) is 22.0 Å². The molecule has 0 amide bonds. The summed E-state index contributed by atoms with van der Waals surface area (Å²) >= 11 is 0. The summed E-state index contributed by atoms with van der Waals surface area (Å²) in [6, 6.07) is 6.22. The molecular formula is C20H17F5O. The number of alkyl halides is 3. The SMILES string of the molecule is CCCC1=Cc2ccc(-c3ccc(OC(F)(F)F)c(F)c3)c(F)c2CC1. The maximum absolute atomic E-state index is 14.9. The van der Waals surface area contributed by atoms with Gasteiger partial charge in [0.15, 0.2) is 11.6 Å². The minimum Gasteiger partial charge on any atom is -0.403 e. The molecule has 1 aliphatic carbocycles. The molecule has 138 valence electrons. The summed E-state index contributed by atoms with van der Waals surface area (Å²) in [6.07, 6.45) is 0.312. The summed E-state index contributed by atoms with van der Waals surface area (Å²) < 4.78 is 69.1. The molecule has 1 aliphatic rings. The van der Waals surface area contributed by atoms with Crippen LogP contribution in [0, 0.1) is 11.6 Å². The highest BCUT2D eigenvalue weighted by molar-refractivity contribution is 5.71. The van der Waals surface area contributed by atoms with Gasteiger partial charge in [-0.05, 0) is 48.1 Å². The second-order valence-electron chi connectivity index (χ2n) is 6.24. The zero-order valence-corrected chi connectivity index (χ0v) is 14.1. The minimum absolute atomic E-state index is 0.161. The van der Waals surface area contributed by atoms with E-state index in [1.807, 2.05) is 6.08 Å². The third kappa shape index (κ3) is 3.89. The Kier molecular flexibility index (Phi) is 5.03. The van der Waals surface area contributed by atoms with Crippen LogP contribution in [0.15, 0.2) is 35.9 Å². The summed E-state index contributed by atoms with van der Waals surface area (Å²) in [5.74, 6) is -2.59. The highest BCUT2D eigenvalue weighted by Crippen LogP contribution is 2.35. The van der Waals surface area contributed by atoms with Gasteiger partial charge in [0.25, 0.3) is 0 Å². The normalized spacial score (nSPS) is 14.0. The zero-order valence-electron chi connectivity index (χ0n) is 14.1. The second kappa shape index (κ2) is 7.09. The molecular weight excluding hydrogens is 351 g/mol. The van der Waals surface area contributed by atoms with E-state index in [1.165, 1.54) is 17.7 Å². The molecule has 2 aromatic carbocycles. The summed E-state index contributed by atoms with van der Waals surface area (Å²) in [6.45, 7) is 2.08. The predicted octanol–water partition coefficient (Wildman–Crippen LogP) is 6.66. The van der Waals surface area contributed by atoms with Crippen molar-refractivity contribution in [2.75, 3.05) is 0 Å². The van der Waals surface area contributed by atoms with E-state index in [4.69, 9.17) is 0 Å². The Morgan fingerprint density at radius 1 is 1.04 bits per heavy atom. The van der Waals surface area contributed by atoms with Crippen LogP contribution in [0.3, 0.4) is 0 Å². The Bertz CT molecular complexity index is 852. The van der Waals surface area contributed by atoms with Gasteiger partial charge in [0.05, 0.1) is 0 Å². The van der Waals surface area contributed by atoms with Crippen molar-refractivity contribution in [2.45, 2.75) is 39.0 Å². The third-order valence-corrected chi connectivity index (χ3v) is 4.37. The van der Waals surface area contributed by atoms with Crippen molar-refractivity contribution in [3.05, 3.63) is 58.7 Å². The van der Waals surface area contributed by atoms with Crippen molar-refractivity contribution >= 4 is 6.08 Å². The van der Waals surface area contributed by atoms with Crippen molar-refractivity contribution in [3.63, 3.8) is 0 Å². The molecule has 0 bridgehead atoms. The Morgan fingerprint density at radius 2 is 1.81 bits per heavy atom. The number of allylic oxidation sites excluding steroid dienone is 1. The predicted molar refractivity (Wildman–Crippen MR) is 89.7 cm³/mol. The van der Waals surface area contributed by atoms with Crippen LogP contribution in [0.25, 0.3) is 17.2 Å². The first kappa shape index (κ1) is 18.4. The van der Waals surface area contributed by atoms with Crippen LogP contribution in [0.5, 0.6) is 5.75 Å². The molecule has 0 unspecified atom stereocenters. The molecule has 0 aliphatic heterocycles. The monoisotopic (exact) mass is 368 g/mol. The van der Waals surface area contributed by atoms with Gasteiger partial charge < -0.3 is 4.74 Å². The molecule has 0 fully saturated rings. The Hall–Kier alpha value is -2.37. The lowest BCUT2D eigenvalue weighted by Gasteiger charge is -2.19. The van der Waals surface area contributed by atoms with Crippen molar-refractivity contribution in [2.24, 2.45) is 0 Å². The van der Waals surface area contributed by atoms with E-state index in [0.717, 1.165) is 37.0 Å². The molecule has 0 saturated heterocycles. The van der Waals surface area contributed by atoms with Crippen LogP contribution in [-0.2, 0) is 6.42 Å². The maximum Gasteiger partial charge on any atom is 0.573 e. The molecule has 2 aromatic rings. The van der Waals surface area contributed by atoms with Crippen molar-refractivity contribution < 1.29 is 26.7 Å². The van der Waals surface area contributed by atoms with E-state index >= 15 is 0 Å². The molecule has 1 nitrogen and oxygen atoms in total. The van der Waals surface area contributed by atoms with Gasteiger partial charge >= 0.3 is 6.36 Å². The van der Waals surface area contributed by atoms with E-state index in [-0.39, 0.29) is 11.1 Å². The molecule has 0 spiro atoms. The van der Waals surface area contributed by atoms with Gasteiger partial charge in [0.1, 0.15) is 5.82 Å². The van der Waals surface area contributed by atoms with E-state index in [2.05, 4.69) is 11.7 Å². The molecule has 6 heteroatoms. The van der Waals surface area contributed by atoms with Gasteiger partial charge in [-0.2, -0.15) is 0 Å². The van der Waals surface area contributed by atoms with Crippen molar-refractivity contribution in [1.29, 1.82) is 0 Å². The lowest BCUT2D eigenvalue weighted by Crippen LogP contribution is -2.17. The number of rotatable bonds is 4. The molecule has 0 aromatic heterocycles. The zero-order chi connectivity index (χ0) is 18.9. The number of halogens is 5. The van der Waals surface area contributed by atoms with Crippen molar-refractivity contribution in [1.82, 2.24) is 0 Å². The number of benzene rings is 2. The molecule has 0 heterocycles. The smallest absolute Gasteiger partial charge is 0.403 e. The first-order valence-corrected chi connectivity index (χ1v) is 8.35. The standard InChI is InChI=1S/C20H17F5O/c1-2-3-12-4-7-15-13(10-12)5-8-16(19(15)22)14-6-9-18(17(21)11-14)26-20(23,24)25/h5-6,8-11H,2-4,7H2,1H3. The van der Waals surface area contributed by atoms with Crippen LogP contribution < -0.4 is 4.74 Å². The summed E-state index contributed by atoms with van der Waals surface area (Å²) in [5.41, 5.74) is 2.96. The highest BCUT2D eigenvalue weighted by atomic mass is 19.4. The van der Waals surface area contributed by atoms with Crippen LogP contribution in [0.1, 0.15) is 37.3 Å². The first-order valence-electron chi connectivity index (χ1n) is 8.35. The van der Waals surface area contributed by atoms with E-state index in [0.29, 0.717) is 12.0 Å². The fraction of sp³-hybridized carbons (Fsp3) is 0.300. The largest absolute Gasteiger partial charge is 0.573 e. The second-order valence-corrected chi connectivity index (χ2v) is 6.24. The minimum atomic E-state index is -4.98. The van der Waals surface area contributed by atoms with Crippen LogP contribution >= 0.6 is 0 Å². The lowest BCUT2D eigenvalue weighted by molar-refractivity contribution is -0.275.